The van der Waals surface area contributed by atoms with Gasteiger partial charge in [0, 0.05) is 19.1 Å². The van der Waals surface area contributed by atoms with Crippen molar-refractivity contribution in [2.45, 2.75) is 45.6 Å². The summed E-state index contributed by atoms with van der Waals surface area (Å²) in [4.78, 5) is 11.0. The van der Waals surface area contributed by atoms with E-state index in [0.29, 0.717) is 25.1 Å². The summed E-state index contributed by atoms with van der Waals surface area (Å²) >= 11 is 0. The van der Waals surface area contributed by atoms with Crippen LogP contribution >= 0.6 is 0 Å². The third-order valence-corrected chi connectivity index (χ3v) is 3.70. The minimum Gasteiger partial charge on any atom is -0.478 e. The zero-order valence-corrected chi connectivity index (χ0v) is 11.9. The Morgan fingerprint density at radius 1 is 1.37 bits per heavy atom. The van der Waals surface area contributed by atoms with E-state index in [1.54, 1.807) is 6.33 Å². The number of nitrogens with two attached hydrogens (primary N) is 1. The average Bonchev–Trinajstić information content (AvgIpc) is 2.93. The molecule has 1 heterocycles. The second-order valence-electron chi connectivity index (χ2n) is 4.98. The van der Waals surface area contributed by atoms with Crippen LogP contribution in [0.25, 0.3) is 0 Å². The molecule has 1 aliphatic carbocycles. The molecule has 0 saturated heterocycles. The van der Waals surface area contributed by atoms with Crippen molar-refractivity contribution in [2.75, 3.05) is 24.6 Å². The normalized spacial score (nSPS) is 15.7. The summed E-state index contributed by atoms with van der Waals surface area (Å²) in [5.74, 6) is 1.67. The SMILES string of the molecule is CCOc1ncnc(N(CCN)C2CCCC2)c1C. The van der Waals surface area contributed by atoms with Crippen molar-refractivity contribution in [2.24, 2.45) is 5.73 Å². The van der Waals surface area contributed by atoms with E-state index in [1.807, 2.05) is 13.8 Å². The first-order valence-electron chi connectivity index (χ1n) is 7.19. The second kappa shape index (κ2) is 6.70. The molecular formula is C14H24N4O. The maximum absolute atomic E-state index is 5.76. The molecule has 0 bridgehead atoms. The van der Waals surface area contributed by atoms with Crippen LogP contribution in [0.15, 0.2) is 6.33 Å². The lowest BCUT2D eigenvalue weighted by Crippen LogP contribution is -2.38. The van der Waals surface area contributed by atoms with Crippen LogP contribution in [0.2, 0.25) is 0 Å². The molecule has 19 heavy (non-hydrogen) atoms. The molecule has 1 aromatic rings. The topological polar surface area (TPSA) is 64.3 Å². The molecule has 0 aliphatic heterocycles. The van der Waals surface area contributed by atoms with Gasteiger partial charge in [-0.05, 0) is 26.7 Å². The summed E-state index contributed by atoms with van der Waals surface area (Å²) in [6, 6.07) is 0.562. The van der Waals surface area contributed by atoms with Gasteiger partial charge in [0.15, 0.2) is 0 Å². The van der Waals surface area contributed by atoms with Gasteiger partial charge in [0.25, 0.3) is 0 Å². The van der Waals surface area contributed by atoms with Crippen molar-refractivity contribution >= 4 is 5.82 Å². The fraction of sp³-hybridized carbons (Fsp3) is 0.714. The number of anilines is 1. The Morgan fingerprint density at radius 3 is 2.74 bits per heavy atom. The van der Waals surface area contributed by atoms with Crippen molar-refractivity contribution in [1.29, 1.82) is 0 Å². The first kappa shape index (κ1) is 14.1. The monoisotopic (exact) mass is 264 g/mol. The number of aromatic nitrogens is 2. The van der Waals surface area contributed by atoms with E-state index in [2.05, 4.69) is 14.9 Å². The van der Waals surface area contributed by atoms with Crippen LogP contribution in [0.5, 0.6) is 5.88 Å². The Kier molecular flexibility index (Phi) is 4.96. The minimum absolute atomic E-state index is 0.562. The molecule has 1 fully saturated rings. The third-order valence-electron chi connectivity index (χ3n) is 3.70. The molecule has 1 aromatic heterocycles. The third kappa shape index (κ3) is 3.15. The molecule has 2 N–H and O–H groups in total. The van der Waals surface area contributed by atoms with Gasteiger partial charge in [-0.3, -0.25) is 0 Å². The quantitative estimate of drug-likeness (QED) is 0.850. The largest absolute Gasteiger partial charge is 0.478 e. The van der Waals surface area contributed by atoms with Gasteiger partial charge in [-0.25, -0.2) is 9.97 Å². The highest BCUT2D eigenvalue weighted by Gasteiger charge is 2.25. The lowest BCUT2D eigenvalue weighted by molar-refractivity contribution is 0.323. The Morgan fingerprint density at radius 2 is 2.11 bits per heavy atom. The van der Waals surface area contributed by atoms with Crippen LogP contribution in [0.3, 0.4) is 0 Å². The van der Waals surface area contributed by atoms with Crippen LogP contribution in [-0.4, -0.2) is 35.7 Å². The van der Waals surface area contributed by atoms with E-state index in [9.17, 15) is 0 Å². The molecule has 5 heteroatoms. The number of nitrogens with zero attached hydrogens (tertiary/aromatic N) is 3. The smallest absolute Gasteiger partial charge is 0.221 e. The molecule has 0 atom stereocenters. The van der Waals surface area contributed by atoms with Crippen molar-refractivity contribution < 1.29 is 4.74 Å². The van der Waals surface area contributed by atoms with Crippen LogP contribution in [0.4, 0.5) is 5.82 Å². The highest BCUT2D eigenvalue weighted by Crippen LogP contribution is 2.31. The highest BCUT2D eigenvalue weighted by atomic mass is 16.5. The summed E-state index contributed by atoms with van der Waals surface area (Å²) in [5.41, 5.74) is 6.78. The number of ether oxygens (including phenoxy) is 1. The van der Waals surface area contributed by atoms with E-state index in [1.165, 1.54) is 25.7 Å². The van der Waals surface area contributed by atoms with E-state index in [-0.39, 0.29) is 0 Å². The van der Waals surface area contributed by atoms with Crippen molar-refractivity contribution in [3.05, 3.63) is 11.9 Å². The molecular weight excluding hydrogens is 240 g/mol. The van der Waals surface area contributed by atoms with E-state index >= 15 is 0 Å². The fourth-order valence-electron chi connectivity index (χ4n) is 2.81. The first-order valence-corrected chi connectivity index (χ1v) is 7.19. The molecule has 0 amide bonds. The van der Waals surface area contributed by atoms with E-state index in [0.717, 1.165) is 17.9 Å². The predicted molar refractivity (Wildman–Crippen MR) is 76.6 cm³/mol. The standard InChI is InChI=1S/C14H24N4O/c1-3-19-14-11(2)13(16-10-17-14)18(9-8-15)12-6-4-5-7-12/h10,12H,3-9,15H2,1-2H3. The van der Waals surface area contributed by atoms with E-state index in [4.69, 9.17) is 10.5 Å². The van der Waals surface area contributed by atoms with Gasteiger partial charge in [0.05, 0.1) is 12.2 Å². The van der Waals surface area contributed by atoms with Gasteiger partial charge in [0.2, 0.25) is 5.88 Å². The molecule has 0 unspecified atom stereocenters. The van der Waals surface area contributed by atoms with Crippen LogP contribution in [-0.2, 0) is 0 Å². The summed E-state index contributed by atoms with van der Waals surface area (Å²) in [5, 5.41) is 0. The van der Waals surface area contributed by atoms with Crippen molar-refractivity contribution in [3.8, 4) is 5.88 Å². The molecule has 5 nitrogen and oxygen atoms in total. The molecule has 0 radical (unpaired) electrons. The van der Waals surface area contributed by atoms with Gasteiger partial charge in [-0.2, -0.15) is 0 Å². The summed E-state index contributed by atoms with van der Waals surface area (Å²) in [7, 11) is 0. The van der Waals surface area contributed by atoms with Gasteiger partial charge < -0.3 is 15.4 Å². The number of hydrogen-bond donors (Lipinski definition) is 1. The van der Waals surface area contributed by atoms with Gasteiger partial charge in [-0.1, -0.05) is 12.8 Å². The number of rotatable bonds is 6. The molecule has 0 spiro atoms. The zero-order chi connectivity index (χ0) is 13.7. The van der Waals surface area contributed by atoms with Crippen molar-refractivity contribution in [3.63, 3.8) is 0 Å². The van der Waals surface area contributed by atoms with E-state index < -0.39 is 0 Å². The number of hydrogen-bond acceptors (Lipinski definition) is 5. The summed E-state index contributed by atoms with van der Waals surface area (Å²) in [6.07, 6.45) is 6.65. The zero-order valence-electron chi connectivity index (χ0n) is 11.9. The molecule has 0 aromatic carbocycles. The molecule has 106 valence electrons. The molecule has 1 aliphatic rings. The summed E-state index contributed by atoms with van der Waals surface area (Å²) < 4.78 is 5.56. The fourth-order valence-corrected chi connectivity index (χ4v) is 2.81. The Balaban J connectivity index is 2.27. The van der Waals surface area contributed by atoms with Crippen LogP contribution in [0.1, 0.15) is 38.2 Å². The van der Waals surface area contributed by atoms with Crippen LogP contribution < -0.4 is 15.4 Å². The maximum atomic E-state index is 5.76. The first-order chi connectivity index (χ1) is 9.27. The second-order valence-corrected chi connectivity index (χ2v) is 4.98. The molecule has 1 saturated carbocycles. The average molecular weight is 264 g/mol. The van der Waals surface area contributed by atoms with Crippen molar-refractivity contribution in [1.82, 2.24) is 9.97 Å². The van der Waals surface area contributed by atoms with Gasteiger partial charge >= 0.3 is 0 Å². The van der Waals surface area contributed by atoms with Crippen LogP contribution in [0, 0.1) is 6.92 Å². The highest BCUT2D eigenvalue weighted by molar-refractivity contribution is 5.51. The predicted octanol–water partition coefficient (Wildman–Crippen LogP) is 1.89. The maximum Gasteiger partial charge on any atom is 0.221 e. The Hall–Kier alpha value is -1.36. The molecule has 2 rings (SSSR count). The minimum atomic E-state index is 0.562. The lowest BCUT2D eigenvalue weighted by atomic mass is 10.2. The van der Waals surface area contributed by atoms with Gasteiger partial charge in [0.1, 0.15) is 12.1 Å². The Bertz CT molecular complexity index is 404. The lowest BCUT2D eigenvalue weighted by Gasteiger charge is -2.31. The van der Waals surface area contributed by atoms with Gasteiger partial charge in [-0.15, -0.1) is 0 Å². The Labute approximate surface area is 115 Å². The summed E-state index contributed by atoms with van der Waals surface area (Å²) in [6.45, 7) is 6.10.